The number of nitrogens with zero attached hydrogens (tertiary/aromatic N) is 1. The normalized spacial score (nSPS) is 12.1. The molecule has 0 spiro atoms. The van der Waals surface area contributed by atoms with Crippen LogP contribution in [0.25, 0.3) is 10.9 Å². The average Bonchev–Trinajstić information content (AvgIpc) is 3.07. The molecule has 25 heavy (non-hydrogen) atoms. The molecule has 3 rings (SSSR count). The van der Waals surface area contributed by atoms with Crippen molar-refractivity contribution in [1.82, 2.24) is 20.6 Å². The molecule has 130 valence electrons. The van der Waals surface area contributed by atoms with Gasteiger partial charge >= 0.3 is 6.03 Å². The number of aromatic nitrogens is 2. The molecule has 1 unspecified atom stereocenters. The molecule has 4 N–H and O–H groups in total. The van der Waals surface area contributed by atoms with Crippen LogP contribution in [0.3, 0.4) is 0 Å². The van der Waals surface area contributed by atoms with E-state index in [1.54, 1.807) is 12.4 Å². The zero-order valence-corrected chi connectivity index (χ0v) is 14.1. The zero-order chi connectivity index (χ0) is 17.6. The lowest BCUT2D eigenvalue weighted by Gasteiger charge is -2.17. The molecule has 1 atom stereocenters. The number of nitrogens with one attached hydrogen (secondary N) is 3. The van der Waals surface area contributed by atoms with Crippen molar-refractivity contribution < 1.29 is 9.90 Å². The van der Waals surface area contributed by atoms with E-state index in [1.807, 2.05) is 36.4 Å². The van der Waals surface area contributed by atoms with Crippen LogP contribution >= 0.6 is 0 Å². The molecule has 0 aliphatic heterocycles. The van der Waals surface area contributed by atoms with E-state index in [9.17, 15) is 9.90 Å². The smallest absolute Gasteiger partial charge is 0.315 e. The monoisotopic (exact) mass is 338 g/mol. The molecule has 0 aliphatic carbocycles. The standard InChI is InChI=1S/C19H22N4O2/c1-2-13-3-5-14(6-4-13)18(12-24)23-19(25)21-11-16-9-15-10-20-8-7-17(15)22-16/h3-10,18,22,24H,2,11-12H2,1H3,(H2,21,23,25). The highest BCUT2D eigenvalue weighted by Crippen LogP contribution is 2.15. The van der Waals surface area contributed by atoms with E-state index < -0.39 is 6.04 Å². The molecular formula is C19H22N4O2. The average molecular weight is 338 g/mol. The third-order valence-electron chi connectivity index (χ3n) is 4.19. The first-order chi connectivity index (χ1) is 12.2. The van der Waals surface area contributed by atoms with Gasteiger partial charge in [0.2, 0.25) is 0 Å². The molecule has 0 saturated carbocycles. The van der Waals surface area contributed by atoms with Gasteiger partial charge in [0.05, 0.1) is 19.2 Å². The lowest BCUT2D eigenvalue weighted by atomic mass is 10.0. The molecular weight excluding hydrogens is 316 g/mol. The molecule has 2 amide bonds. The minimum atomic E-state index is -0.433. The molecule has 0 radical (unpaired) electrons. The summed E-state index contributed by atoms with van der Waals surface area (Å²) in [5.41, 5.74) is 3.98. The first kappa shape index (κ1) is 17.0. The first-order valence-electron chi connectivity index (χ1n) is 8.35. The van der Waals surface area contributed by atoms with Crippen LogP contribution in [0.5, 0.6) is 0 Å². The number of hydrogen-bond acceptors (Lipinski definition) is 3. The topological polar surface area (TPSA) is 90.0 Å². The predicted molar refractivity (Wildman–Crippen MR) is 97.1 cm³/mol. The van der Waals surface area contributed by atoms with Crippen LogP contribution in [0.15, 0.2) is 48.8 Å². The van der Waals surface area contributed by atoms with Gasteiger partial charge in [-0.1, -0.05) is 31.2 Å². The number of urea groups is 1. The summed E-state index contributed by atoms with van der Waals surface area (Å²) >= 11 is 0. The molecule has 2 heterocycles. The molecule has 6 heteroatoms. The van der Waals surface area contributed by atoms with Crippen LogP contribution in [0.2, 0.25) is 0 Å². The second kappa shape index (κ2) is 7.81. The summed E-state index contributed by atoms with van der Waals surface area (Å²) in [6.07, 6.45) is 4.45. The van der Waals surface area contributed by atoms with Crippen LogP contribution in [0.4, 0.5) is 4.79 Å². The van der Waals surface area contributed by atoms with E-state index in [1.165, 1.54) is 5.56 Å². The maximum Gasteiger partial charge on any atom is 0.315 e. The van der Waals surface area contributed by atoms with Gasteiger partial charge in [-0.15, -0.1) is 0 Å². The lowest BCUT2D eigenvalue weighted by Crippen LogP contribution is -2.38. The van der Waals surface area contributed by atoms with Gasteiger partial charge in [0, 0.05) is 29.0 Å². The Balaban J connectivity index is 1.58. The number of benzene rings is 1. The van der Waals surface area contributed by atoms with Crippen molar-refractivity contribution in [3.63, 3.8) is 0 Å². The first-order valence-corrected chi connectivity index (χ1v) is 8.35. The van der Waals surface area contributed by atoms with Crippen LogP contribution in [0, 0.1) is 0 Å². The van der Waals surface area contributed by atoms with Crippen LogP contribution in [-0.2, 0) is 13.0 Å². The van der Waals surface area contributed by atoms with Crippen molar-refractivity contribution in [3.8, 4) is 0 Å². The minimum Gasteiger partial charge on any atom is -0.394 e. The maximum absolute atomic E-state index is 12.1. The molecule has 6 nitrogen and oxygen atoms in total. The number of aliphatic hydroxyl groups is 1. The van der Waals surface area contributed by atoms with Crippen LogP contribution in [-0.4, -0.2) is 27.7 Å². The zero-order valence-electron chi connectivity index (χ0n) is 14.1. The summed E-state index contributed by atoms with van der Waals surface area (Å²) in [4.78, 5) is 19.4. The maximum atomic E-state index is 12.1. The Labute approximate surface area is 146 Å². The quantitative estimate of drug-likeness (QED) is 0.557. The third kappa shape index (κ3) is 4.16. The number of aryl methyl sites for hydroxylation is 1. The number of carbonyl (C=O) groups excluding carboxylic acids is 1. The van der Waals surface area contributed by atoms with Gasteiger partial charge in [-0.25, -0.2) is 4.79 Å². The van der Waals surface area contributed by atoms with E-state index in [2.05, 4.69) is 27.5 Å². The Morgan fingerprint density at radius 2 is 2.08 bits per heavy atom. The summed E-state index contributed by atoms with van der Waals surface area (Å²) in [6, 6.07) is 11.0. The Hall–Kier alpha value is -2.86. The second-order valence-corrected chi connectivity index (χ2v) is 5.91. The van der Waals surface area contributed by atoms with Crippen molar-refractivity contribution in [2.24, 2.45) is 0 Å². The van der Waals surface area contributed by atoms with E-state index in [4.69, 9.17) is 0 Å². The molecule has 2 aromatic heterocycles. The van der Waals surface area contributed by atoms with Crippen molar-refractivity contribution in [2.75, 3.05) is 6.61 Å². The number of pyridine rings is 1. The Kier molecular flexibility index (Phi) is 5.30. The van der Waals surface area contributed by atoms with E-state index in [0.717, 1.165) is 28.6 Å². The summed E-state index contributed by atoms with van der Waals surface area (Å²) in [5, 5.41) is 16.2. The number of H-pyrrole nitrogens is 1. The van der Waals surface area contributed by atoms with Gasteiger partial charge in [0.1, 0.15) is 0 Å². The highest BCUT2D eigenvalue weighted by molar-refractivity contribution is 5.79. The van der Waals surface area contributed by atoms with Gasteiger partial charge in [-0.05, 0) is 29.7 Å². The molecule has 3 aromatic rings. The Bertz CT molecular complexity index is 809. The number of hydrogen-bond donors (Lipinski definition) is 4. The number of fused-ring (bicyclic) bond motifs is 1. The van der Waals surface area contributed by atoms with Gasteiger partial charge in [0.15, 0.2) is 0 Å². The number of amides is 2. The van der Waals surface area contributed by atoms with Gasteiger partial charge in [0.25, 0.3) is 0 Å². The van der Waals surface area contributed by atoms with Crippen molar-refractivity contribution in [2.45, 2.75) is 25.9 Å². The number of aliphatic hydroxyl groups excluding tert-OH is 1. The fourth-order valence-electron chi connectivity index (χ4n) is 2.73. The summed E-state index contributed by atoms with van der Waals surface area (Å²) in [5.74, 6) is 0. The van der Waals surface area contributed by atoms with Crippen molar-refractivity contribution in [1.29, 1.82) is 0 Å². The Morgan fingerprint density at radius 1 is 1.28 bits per heavy atom. The SMILES string of the molecule is CCc1ccc(C(CO)NC(=O)NCc2cc3cnccc3[nH]2)cc1. The summed E-state index contributed by atoms with van der Waals surface area (Å²) < 4.78 is 0. The molecule has 0 saturated heterocycles. The Morgan fingerprint density at radius 3 is 2.76 bits per heavy atom. The predicted octanol–water partition coefficient (Wildman–Crippen LogP) is 2.66. The molecule has 0 bridgehead atoms. The second-order valence-electron chi connectivity index (χ2n) is 5.91. The van der Waals surface area contributed by atoms with Gasteiger partial charge in [-0.3, -0.25) is 4.98 Å². The lowest BCUT2D eigenvalue weighted by molar-refractivity contribution is 0.216. The van der Waals surface area contributed by atoms with Gasteiger partial charge in [-0.2, -0.15) is 0 Å². The summed E-state index contributed by atoms with van der Waals surface area (Å²) in [6.45, 7) is 2.30. The summed E-state index contributed by atoms with van der Waals surface area (Å²) in [7, 11) is 0. The fraction of sp³-hybridized carbons (Fsp3) is 0.263. The van der Waals surface area contributed by atoms with Crippen LogP contribution < -0.4 is 10.6 Å². The van der Waals surface area contributed by atoms with Crippen molar-refractivity contribution >= 4 is 16.9 Å². The number of rotatable bonds is 6. The minimum absolute atomic E-state index is 0.156. The van der Waals surface area contributed by atoms with E-state index in [-0.39, 0.29) is 12.6 Å². The van der Waals surface area contributed by atoms with Gasteiger partial charge < -0.3 is 20.7 Å². The van der Waals surface area contributed by atoms with Crippen LogP contribution in [0.1, 0.15) is 29.8 Å². The highest BCUT2D eigenvalue weighted by atomic mass is 16.3. The van der Waals surface area contributed by atoms with Crippen molar-refractivity contribution in [3.05, 3.63) is 65.6 Å². The number of carbonyl (C=O) groups is 1. The number of aromatic amines is 1. The van der Waals surface area contributed by atoms with E-state index >= 15 is 0 Å². The largest absolute Gasteiger partial charge is 0.394 e. The highest BCUT2D eigenvalue weighted by Gasteiger charge is 2.13. The molecule has 1 aromatic carbocycles. The molecule has 0 aliphatic rings. The van der Waals surface area contributed by atoms with E-state index in [0.29, 0.717) is 6.54 Å². The third-order valence-corrected chi connectivity index (χ3v) is 4.19. The fourth-order valence-corrected chi connectivity index (χ4v) is 2.73. The molecule has 0 fully saturated rings.